The highest BCUT2D eigenvalue weighted by molar-refractivity contribution is 6.19. The van der Waals surface area contributed by atoms with E-state index in [0.717, 1.165) is 0 Å². The molecule has 0 fully saturated rings. The number of hydrogen-bond acceptors (Lipinski definition) is 8. The zero-order chi connectivity index (χ0) is 24.7. The fourth-order valence-corrected chi connectivity index (χ4v) is 2.83. The molecule has 10 nitrogen and oxygen atoms in total. The van der Waals surface area contributed by atoms with Crippen LogP contribution in [0.25, 0.3) is 0 Å². The Balaban J connectivity index is 2.12. The summed E-state index contributed by atoms with van der Waals surface area (Å²) in [6.07, 6.45) is 1.17. The van der Waals surface area contributed by atoms with Gasteiger partial charge >= 0.3 is 0 Å². The van der Waals surface area contributed by atoms with Gasteiger partial charge in [-0.25, -0.2) is 10.1 Å². The van der Waals surface area contributed by atoms with Gasteiger partial charge in [-0.1, -0.05) is 12.5 Å². The predicted octanol–water partition coefficient (Wildman–Crippen LogP) is 2.25. The number of aromatic nitrogens is 2. The van der Waals surface area contributed by atoms with Crippen molar-refractivity contribution in [2.75, 3.05) is 31.0 Å². The van der Waals surface area contributed by atoms with Crippen molar-refractivity contribution in [3.05, 3.63) is 76.6 Å². The number of aromatic amines is 1. The van der Waals surface area contributed by atoms with Crippen molar-refractivity contribution in [2.24, 2.45) is 4.99 Å². The van der Waals surface area contributed by atoms with Crippen molar-refractivity contribution in [3.63, 3.8) is 0 Å². The van der Waals surface area contributed by atoms with Gasteiger partial charge < -0.3 is 26.3 Å². The summed E-state index contributed by atoms with van der Waals surface area (Å²) in [6, 6.07) is 11.8. The lowest BCUT2D eigenvalue weighted by Crippen LogP contribution is -2.21. The Labute approximate surface area is 195 Å². The van der Waals surface area contributed by atoms with Crippen molar-refractivity contribution < 1.29 is 14.3 Å². The van der Waals surface area contributed by atoms with E-state index in [1.165, 1.54) is 20.3 Å². The number of rotatable bonds is 6. The van der Waals surface area contributed by atoms with Gasteiger partial charge in [-0.15, -0.1) is 0 Å². The highest BCUT2D eigenvalue weighted by atomic mass is 16.5. The number of hydrogen-bond donors (Lipinski definition) is 4. The lowest BCUT2D eigenvalue weighted by molar-refractivity contribution is -0.111. The average Bonchev–Trinajstić information content (AvgIpc) is 2.85. The first-order valence-corrected chi connectivity index (χ1v) is 9.86. The standard InChI is InChI=1S/C24H22N6O4/c1-4-20(31)28-16-8-6-15(7-9-16)27-19(21-22(25)24(32)30-29-23(21)26)10-5-14-11-17(33-2)13-18(12-14)34-3/h4,6-9,11-13H,1H2,2-3H3,(H,28,31)(H,30,32)(H4,25,26,29). The molecule has 0 bridgehead atoms. The van der Waals surface area contributed by atoms with Crippen LogP contribution in [-0.2, 0) is 4.79 Å². The molecule has 6 N–H and O–H groups in total. The molecular formula is C24H22N6O4. The first kappa shape index (κ1) is 23.6. The summed E-state index contributed by atoms with van der Waals surface area (Å²) in [4.78, 5) is 28.1. The maximum Gasteiger partial charge on any atom is 0.288 e. The summed E-state index contributed by atoms with van der Waals surface area (Å²) in [7, 11) is 3.06. The Kier molecular flexibility index (Phi) is 7.31. The number of amides is 1. The smallest absolute Gasteiger partial charge is 0.288 e. The number of nitrogens with two attached hydrogens (primary N) is 2. The third-order valence-corrected chi connectivity index (χ3v) is 4.52. The second-order valence-electron chi connectivity index (χ2n) is 6.78. The van der Waals surface area contributed by atoms with Crippen LogP contribution in [0.1, 0.15) is 11.1 Å². The molecule has 0 saturated heterocycles. The molecule has 34 heavy (non-hydrogen) atoms. The van der Waals surface area contributed by atoms with Crippen LogP contribution < -0.4 is 31.8 Å². The van der Waals surface area contributed by atoms with Crippen molar-refractivity contribution >= 4 is 34.5 Å². The van der Waals surface area contributed by atoms with E-state index in [1.807, 2.05) is 0 Å². The van der Waals surface area contributed by atoms with Gasteiger partial charge in [-0.2, -0.15) is 5.10 Å². The van der Waals surface area contributed by atoms with Crippen LogP contribution in [0.5, 0.6) is 11.5 Å². The number of benzene rings is 2. The fraction of sp³-hybridized carbons (Fsp3) is 0.0833. The molecule has 2 aromatic carbocycles. The second-order valence-corrected chi connectivity index (χ2v) is 6.78. The Hall–Kier alpha value is -5.04. The topological polar surface area (TPSA) is 158 Å². The highest BCUT2D eigenvalue weighted by Crippen LogP contribution is 2.23. The van der Waals surface area contributed by atoms with E-state index in [4.69, 9.17) is 20.9 Å². The molecule has 3 aromatic rings. The van der Waals surface area contributed by atoms with E-state index >= 15 is 0 Å². The molecule has 1 amide bonds. The molecule has 0 spiro atoms. The summed E-state index contributed by atoms with van der Waals surface area (Å²) in [5, 5.41) is 8.65. The minimum absolute atomic E-state index is 0.0387. The van der Waals surface area contributed by atoms with Crippen molar-refractivity contribution in [1.82, 2.24) is 10.2 Å². The number of nitrogen functional groups attached to an aromatic ring is 2. The van der Waals surface area contributed by atoms with Crippen LogP contribution in [0.3, 0.4) is 0 Å². The number of nitrogens with zero attached hydrogens (tertiary/aromatic N) is 2. The van der Waals surface area contributed by atoms with E-state index in [2.05, 4.69) is 38.9 Å². The first-order valence-electron chi connectivity index (χ1n) is 9.86. The SMILES string of the molecule is C=CC(=O)Nc1ccc(N=C(C#Cc2cc(OC)cc(OC)c2)c2c(N)n[nH]c(=O)c2N)cc1. The van der Waals surface area contributed by atoms with Crippen molar-refractivity contribution in [2.45, 2.75) is 0 Å². The monoisotopic (exact) mass is 458 g/mol. The van der Waals surface area contributed by atoms with Crippen LogP contribution in [0, 0.1) is 11.8 Å². The first-order chi connectivity index (χ1) is 16.3. The van der Waals surface area contributed by atoms with Gasteiger partial charge in [0.15, 0.2) is 5.82 Å². The maximum atomic E-state index is 12.1. The van der Waals surface area contributed by atoms with E-state index in [1.54, 1.807) is 42.5 Å². The summed E-state index contributed by atoms with van der Waals surface area (Å²) < 4.78 is 10.6. The fourth-order valence-electron chi connectivity index (χ4n) is 2.83. The van der Waals surface area contributed by atoms with Gasteiger partial charge in [0, 0.05) is 17.3 Å². The number of carbonyl (C=O) groups excluding carboxylic acids is 1. The average molecular weight is 458 g/mol. The third-order valence-electron chi connectivity index (χ3n) is 4.52. The van der Waals surface area contributed by atoms with Crippen molar-refractivity contribution in [1.29, 1.82) is 0 Å². The van der Waals surface area contributed by atoms with Gasteiger partial charge in [-0.05, 0) is 48.4 Å². The Morgan fingerprint density at radius 2 is 1.79 bits per heavy atom. The Morgan fingerprint density at radius 3 is 2.38 bits per heavy atom. The van der Waals surface area contributed by atoms with Crippen LogP contribution in [-0.4, -0.2) is 36.0 Å². The Morgan fingerprint density at radius 1 is 1.15 bits per heavy atom. The molecule has 0 radical (unpaired) electrons. The molecule has 0 aliphatic rings. The molecule has 0 unspecified atom stereocenters. The summed E-state index contributed by atoms with van der Waals surface area (Å²) in [5.41, 5.74) is 13.0. The maximum absolute atomic E-state index is 12.1. The number of anilines is 3. The van der Waals surface area contributed by atoms with E-state index in [0.29, 0.717) is 28.4 Å². The Bertz CT molecular complexity index is 1360. The second kappa shape index (κ2) is 10.5. The minimum atomic E-state index is -0.621. The molecule has 1 aromatic heterocycles. The van der Waals surface area contributed by atoms with Gasteiger partial charge in [0.1, 0.15) is 22.9 Å². The van der Waals surface area contributed by atoms with Gasteiger partial charge in [0.2, 0.25) is 5.91 Å². The summed E-state index contributed by atoms with van der Waals surface area (Å²) in [6.45, 7) is 3.42. The zero-order valence-electron chi connectivity index (χ0n) is 18.5. The lowest BCUT2D eigenvalue weighted by atomic mass is 10.1. The summed E-state index contributed by atoms with van der Waals surface area (Å²) >= 11 is 0. The quantitative estimate of drug-likeness (QED) is 0.250. The number of ether oxygens (including phenoxy) is 2. The molecule has 0 saturated carbocycles. The highest BCUT2D eigenvalue weighted by Gasteiger charge is 2.15. The molecule has 0 aliphatic heterocycles. The van der Waals surface area contributed by atoms with Gasteiger partial charge in [-0.3, -0.25) is 9.59 Å². The largest absolute Gasteiger partial charge is 0.497 e. The molecule has 10 heteroatoms. The molecule has 3 rings (SSSR count). The summed E-state index contributed by atoms with van der Waals surface area (Å²) in [5.74, 6) is 6.62. The molecule has 0 aliphatic carbocycles. The van der Waals surface area contributed by atoms with Crippen LogP contribution in [0.4, 0.5) is 22.9 Å². The van der Waals surface area contributed by atoms with Crippen LogP contribution >= 0.6 is 0 Å². The van der Waals surface area contributed by atoms with Gasteiger partial charge in [0.05, 0.1) is 25.5 Å². The molecular weight excluding hydrogens is 436 g/mol. The molecule has 1 heterocycles. The van der Waals surface area contributed by atoms with E-state index in [-0.39, 0.29) is 28.7 Å². The lowest BCUT2D eigenvalue weighted by Gasteiger charge is -2.07. The van der Waals surface area contributed by atoms with E-state index in [9.17, 15) is 9.59 Å². The van der Waals surface area contributed by atoms with Crippen LogP contribution in [0.15, 0.2) is 64.9 Å². The zero-order valence-corrected chi connectivity index (χ0v) is 18.5. The van der Waals surface area contributed by atoms with Crippen molar-refractivity contribution in [3.8, 4) is 23.3 Å². The number of methoxy groups -OCH3 is 2. The number of H-pyrrole nitrogens is 1. The van der Waals surface area contributed by atoms with E-state index < -0.39 is 5.56 Å². The molecule has 172 valence electrons. The minimum Gasteiger partial charge on any atom is -0.497 e. The molecule has 0 atom stereocenters. The third kappa shape index (κ3) is 5.60. The van der Waals surface area contributed by atoms with Gasteiger partial charge in [0.25, 0.3) is 5.56 Å². The number of carbonyl (C=O) groups is 1. The number of aliphatic imine (C=N–C) groups is 1. The number of nitrogens with one attached hydrogen (secondary N) is 2. The van der Waals surface area contributed by atoms with Crippen LogP contribution in [0.2, 0.25) is 0 Å². The predicted molar refractivity (Wildman–Crippen MR) is 132 cm³/mol. The normalized spacial score (nSPS) is 10.6.